The predicted octanol–water partition coefficient (Wildman–Crippen LogP) is 4.73. The zero-order valence-corrected chi connectivity index (χ0v) is 15.7. The van der Waals surface area contributed by atoms with Gasteiger partial charge in [0.2, 0.25) is 5.78 Å². The molecule has 0 bridgehead atoms. The van der Waals surface area contributed by atoms with Crippen molar-refractivity contribution in [3.8, 4) is 11.5 Å². The fourth-order valence-corrected chi connectivity index (χ4v) is 4.30. The van der Waals surface area contributed by atoms with Gasteiger partial charge < -0.3 is 15.2 Å². The summed E-state index contributed by atoms with van der Waals surface area (Å²) in [6, 6.07) is 9.56. The molecule has 1 aliphatic rings. The van der Waals surface area contributed by atoms with E-state index >= 15 is 0 Å². The van der Waals surface area contributed by atoms with Crippen LogP contribution in [0.5, 0.6) is 11.5 Å². The Hall–Kier alpha value is -2.41. The number of ether oxygens (including phenoxy) is 1. The van der Waals surface area contributed by atoms with E-state index in [0.29, 0.717) is 35.7 Å². The van der Waals surface area contributed by atoms with Gasteiger partial charge in [0.25, 0.3) is 0 Å². The van der Waals surface area contributed by atoms with Crippen molar-refractivity contribution < 1.29 is 14.6 Å². The molecule has 0 saturated carbocycles. The molecule has 6 heteroatoms. The van der Waals surface area contributed by atoms with Gasteiger partial charge in [-0.15, -0.1) is 22.7 Å². The third-order valence-corrected chi connectivity index (χ3v) is 5.91. The molecule has 0 unspecified atom stereocenters. The van der Waals surface area contributed by atoms with E-state index in [-0.39, 0.29) is 11.5 Å². The normalized spacial score (nSPS) is 14.7. The molecule has 2 N–H and O–H groups in total. The summed E-state index contributed by atoms with van der Waals surface area (Å²) in [7, 11) is 0. The molecule has 3 aromatic rings. The number of fused-ring (bicyclic) bond motifs is 1. The highest BCUT2D eigenvalue weighted by atomic mass is 32.1. The number of benzene rings is 1. The van der Waals surface area contributed by atoms with Crippen LogP contribution < -0.4 is 10.1 Å². The third-order valence-electron chi connectivity index (χ3n) is 4.22. The van der Waals surface area contributed by atoms with Gasteiger partial charge >= 0.3 is 0 Å². The number of carbonyl (C=O) groups excluding carboxylic acids is 1. The summed E-state index contributed by atoms with van der Waals surface area (Å²) < 4.78 is 5.89. The van der Waals surface area contributed by atoms with Gasteiger partial charge in [0, 0.05) is 28.9 Å². The Balaban J connectivity index is 1.63. The minimum atomic E-state index is -0.134. The van der Waals surface area contributed by atoms with E-state index in [2.05, 4.69) is 11.4 Å². The highest BCUT2D eigenvalue weighted by Crippen LogP contribution is 2.41. The number of thiophene rings is 2. The molecule has 0 atom stereocenters. The second kappa shape index (κ2) is 7.07. The lowest BCUT2D eigenvalue weighted by atomic mass is 9.99. The molecule has 0 radical (unpaired) electrons. The standard InChI is InChI=1S/C20H17NO3S2/c1-12-8-16(22)15(11-21-10-14-5-3-7-26-14)20-18(12)19(23)17(24-20)9-13-4-2-6-25-13/h2-9,21-22H,10-11H2,1H3. The van der Waals surface area contributed by atoms with Crippen molar-refractivity contribution in [3.63, 3.8) is 0 Å². The number of aromatic hydroxyl groups is 1. The molecule has 0 amide bonds. The number of phenolic OH excluding ortho intramolecular Hbond substituents is 1. The Morgan fingerprint density at radius 3 is 2.73 bits per heavy atom. The molecular weight excluding hydrogens is 366 g/mol. The molecule has 26 heavy (non-hydrogen) atoms. The van der Waals surface area contributed by atoms with E-state index in [1.54, 1.807) is 34.8 Å². The van der Waals surface area contributed by atoms with Crippen LogP contribution in [0, 0.1) is 6.92 Å². The van der Waals surface area contributed by atoms with Gasteiger partial charge in [-0.3, -0.25) is 4.79 Å². The monoisotopic (exact) mass is 383 g/mol. The van der Waals surface area contributed by atoms with E-state index in [1.807, 2.05) is 35.9 Å². The largest absolute Gasteiger partial charge is 0.507 e. The number of rotatable bonds is 5. The first-order valence-corrected chi connectivity index (χ1v) is 9.95. The highest BCUT2D eigenvalue weighted by molar-refractivity contribution is 7.10. The maximum Gasteiger partial charge on any atom is 0.232 e. The summed E-state index contributed by atoms with van der Waals surface area (Å²) in [6.07, 6.45) is 1.76. The third kappa shape index (κ3) is 3.19. The first-order chi connectivity index (χ1) is 12.6. The second-order valence-corrected chi connectivity index (χ2v) is 8.04. The van der Waals surface area contributed by atoms with Crippen LogP contribution in [0.15, 0.2) is 46.9 Å². The van der Waals surface area contributed by atoms with Gasteiger partial charge in [-0.25, -0.2) is 0 Å². The van der Waals surface area contributed by atoms with E-state index < -0.39 is 0 Å². The van der Waals surface area contributed by atoms with Crippen molar-refractivity contribution in [3.05, 3.63) is 73.3 Å². The van der Waals surface area contributed by atoms with Crippen molar-refractivity contribution in [2.45, 2.75) is 20.0 Å². The molecule has 3 heterocycles. The highest BCUT2D eigenvalue weighted by Gasteiger charge is 2.33. The van der Waals surface area contributed by atoms with Crippen molar-refractivity contribution in [1.82, 2.24) is 5.32 Å². The van der Waals surface area contributed by atoms with Crippen LogP contribution in [0.4, 0.5) is 0 Å². The number of nitrogens with one attached hydrogen (secondary N) is 1. The van der Waals surface area contributed by atoms with Crippen LogP contribution >= 0.6 is 22.7 Å². The summed E-state index contributed by atoms with van der Waals surface area (Å²) >= 11 is 3.22. The van der Waals surface area contributed by atoms with Gasteiger partial charge in [0.15, 0.2) is 5.76 Å². The Kier molecular flexibility index (Phi) is 4.63. The van der Waals surface area contributed by atoms with E-state index in [1.165, 1.54) is 4.88 Å². The Bertz CT molecular complexity index is 973. The number of hydrogen-bond donors (Lipinski definition) is 2. The minimum Gasteiger partial charge on any atom is -0.507 e. The molecule has 0 saturated heterocycles. The topological polar surface area (TPSA) is 58.6 Å². The molecule has 0 fully saturated rings. The first-order valence-electron chi connectivity index (χ1n) is 8.20. The van der Waals surface area contributed by atoms with Gasteiger partial charge in [0.05, 0.1) is 11.1 Å². The summed E-state index contributed by atoms with van der Waals surface area (Å²) in [4.78, 5) is 14.9. The minimum absolute atomic E-state index is 0.134. The molecule has 132 valence electrons. The van der Waals surface area contributed by atoms with Gasteiger partial charge in [-0.1, -0.05) is 12.1 Å². The van der Waals surface area contributed by atoms with E-state index in [0.717, 1.165) is 10.4 Å². The van der Waals surface area contributed by atoms with Gasteiger partial charge in [-0.05, 0) is 41.4 Å². The molecule has 2 aromatic heterocycles. The molecule has 4 rings (SSSR count). The SMILES string of the molecule is Cc1cc(O)c(CNCc2cccs2)c2c1C(=O)C(=Cc1cccs1)O2. The van der Waals surface area contributed by atoms with Crippen LogP contribution in [-0.2, 0) is 13.1 Å². The Labute approximate surface area is 159 Å². The molecule has 1 aliphatic heterocycles. The lowest BCUT2D eigenvalue weighted by Crippen LogP contribution is -2.12. The molecule has 1 aromatic carbocycles. The van der Waals surface area contributed by atoms with Crippen LogP contribution in [0.1, 0.15) is 31.2 Å². The smallest absolute Gasteiger partial charge is 0.232 e. The van der Waals surface area contributed by atoms with Crippen LogP contribution in [0.3, 0.4) is 0 Å². The average molecular weight is 383 g/mol. The maximum atomic E-state index is 12.8. The number of carbonyl (C=O) groups is 1. The Morgan fingerprint density at radius 1 is 1.19 bits per heavy atom. The van der Waals surface area contributed by atoms with Crippen molar-refractivity contribution in [2.24, 2.45) is 0 Å². The van der Waals surface area contributed by atoms with Gasteiger partial charge in [-0.2, -0.15) is 0 Å². The molecular formula is C20H17NO3S2. The number of aryl methyl sites for hydroxylation is 1. The second-order valence-electron chi connectivity index (χ2n) is 6.03. The fraction of sp³-hybridized carbons (Fsp3) is 0.150. The van der Waals surface area contributed by atoms with Crippen LogP contribution in [0.2, 0.25) is 0 Å². The average Bonchev–Trinajstić information content (AvgIpc) is 3.34. The first kappa shape index (κ1) is 17.0. The van der Waals surface area contributed by atoms with E-state index in [9.17, 15) is 9.90 Å². The lowest BCUT2D eigenvalue weighted by Gasteiger charge is -2.12. The lowest BCUT2D eigenvalue weighted by molar-refractivity contribution is 0.101. The number of hydrogen-bond acceptors (Lipinski definition) is 6. The zero-order valence-electron chi connectivity index (χ0n) is 14.1. The van der Waals surface area contributed by atoms with Crippen molar-refractivity contribution in [2.75, 3.05) is 0 Å². The maximum absolute atomic E-state index is 12.8. The van der Waals surface area contributed by atoms with Crippen LogP contribution in [0.25, 0.3) is 6.08 Å². The number of Topliss-reactive ketones (excluding diaryl/α,β-unsaturated/α-hetero) is 1. The summed E-state index contributed by atoms with van der Waals surface area (Å²) in [5.41, 5.74) is 1.88. The van der Waals surface area contributed by atoms with E-state index in [4.69, 9.17) is 4.74 Å². The summed E-state index contributed by atoms with van der Waals surface area (Å²) in [5, 5.41) is 17.7. The fourth-order valence-electron chi connectivity index (χ4n) is 2.98. The number of phenols is 1. The number of ketones is 1. The van der Waals surface area contributed by atoms with Crippen molar-refractivity contribution in [1.29, 1.82) is 0 Å². The van der Waals surface area contributed by atoms with Crippen LogP contribution in [-0.4, -0.2) is 10.9 Å². The quantitative estimate of drug-likeness (QED) is 0.626. The summed E-state index contributed by atoms with van der Waals surface area (Å²) in [5.74, 6) is 0.778. The van der Waals surface area contributed by atoms with Gasteiger partial charge in [0.1, 0.15) is 11.5 Å². The summed E-state index contributed by atoms with van der Waals surface area (Å²) in [6.45, 7) is 2.94. The molecule has 0 spiro atoms. The van der Waals surface area contributed by atoms with Crippen molar-refractivity contribution >= 4 is 34.5 Å². The molecule has 4 nitrogen and oxygen atoms in total. The molecule has 0 aliphatic carbocycles. The predicted molar refractivity (Wildman–Crippen MR) is 105 cm³/mol. The Morgan fingerprint density at radius 2 is 2.00 bits per heavy atom. The zero-order chi connectivity index (χ0) is 18.1. The number of allylic oxidation sites excluding steroid dienone is 1.